The summed E-state index contributed by atoms with van der Waals surface area (Å²) in [6.07, 6.45) is -1.03. The highest BCUT2D eigenvalue weighted by Crippen LogP contribution is 2.15. The zero-order valence-electron chi connectivity index (χ0n) is 8.78. The van der Waals surface area contributed by atoms with E-state index in [1.807, 2.05) is 0 Å². The Morgan fingerprint density at radius 2 is 2.19 bits per heavy atom. The number of hydrogen-bond acceptors (Lipinski definition) is 2. The fourth-order valence-corrected chi connectivity index (χ4v) is 1.36. The number of nitrogens with one attached hydrogen (secondary N) is 1. The Kier molecular flexibility index (Phi) is 4.89. The van der Waals surface area contributed by atoms with E-state index >= 15 is 0 Å². The van der Waals surface area contributed by atoms with Crippen molar-refractivity contribution < 1.29 is 14.3 Å². The Balaban J connectivity index is 2.56. The van der Waals surface area contributed by atoms with Crippen LogP contribution in [-0.4, -0.2) is 22.4 Å². The number of aliphatic hydroxyl groups is 1. The fourth-order valence-electron chi connectivity index (χ4n) is 1.19. The molecule has 0 heterocycles. The maximum atomic E-state index is 13.2. The van der Waals surface area contributed by atoms with Crippen LogP contribution in [0.4, 0.5) is 4.39 Å². The molecule has 0 bridgehead atoms. The molecule has 0 saturated carbocycles. The molecule has 0 aliphatic heterocycles. The Morgan fingerprint density at radius 1 is 1.56 bits per heavy atom. The maximum absolute atomic E-state index is 13.2. The van der Waals surface area contributed by atoms with E-state index in [1.54, 1.807) is 19.1 Å². The van der Waals surface area contributed by atoms with Gasteiger partial charge in [0.1, 0.15) is 5.82 Å². The summed E-state index contributed by atoms with van der Waals surface area (Å²) < 4.78 is 13.2. The molecule has 0 unspecified atom stereocenters. The van der Waals surface area contributed by atoms with E-state index in [2.05, 4.69) is 21.2 Å². The summed E-state index contributed by atoms with van der Waals surface area (Å²) in [5, 5.41) is 12.2. The minimum absolute atomic E-state index is 0.00426. The van der Waals surface area contributed by atoms with E-state index < -0.39 is 11.9 Å². The second-order valence-electron chi connectivity index (χ2n) is 3.40. The number of amides is 1. The van der Waals surface area contributed by atoms with Gasteiger partial charge in [0.25, 0.3) is 0 Å². The first kappa shape index (κ1) is 13.1. The van der Waals surface area contributed by atoms with Crippen LogP contribution < -0.4 is 5.32 Å². The molecule has 2 atom stereocenters. The molecule has 0 aliphatic rings. The van der Waals surface area contributed by atoms with Crippen molar-refractivity contribution in [1.29, 1.82) is 0 Å². The highest BCUT2D eigenvalue weighted by Gasteiger charge is 2.14. The Labute approximate surface area is 102 Å². The van der Waals surface area contributed by atoms with E-state index in [9.17, 15) is 14.3 Å². The van der Waals surface area contributed by atoms with Crippen LogP contribution in [0.15, 0.2) is 24.3 Å². The lowest BCUT2D eigenvalue weighted by Crippen LogP contribution is -2.33. The summed E-state index contributed by atoms with van der Waals surface area (Å²) in [5.41, 5.74) is 0.185. The Morgan fingerprint density at radius 3 is 2.75 bits per heavy atom. The van der Waals surface area contributed by atoms with Gasteiger partial charge in [0, 0.05) is 12.1 Å². The number of carbonyl (C=O) groups is 1. The first-order chi connectivity index (χ1) is 7.52. The molecule has 3 nitrogen and oxygen atoms in total. The van der Waals surface area contributed by atoms with Crippen LogP contribution in [0.5, 0.6) is 0 Å². The minimum atomic E-state index is -1.03. The highest BCUT2D eigenvalue weighted by atomic mass is 79.9. The van der Waals surface area contributed by atoms with Gasteiger partial charge in [0.15, 0.2) is 0 Å². The smallest absolute Gasteiger partial charge is 0.233 e. The van der Waals surface area contributed by atoms with Crippen LogP contribution in [-0.2, 0) is 4.79 Å². The number of alkyl halides is 1. The second kappa shape index (κ2) is 5.96. The van der Waals surface area contributed by atoms with E-state index in [-0.39, 0.29) is 22.8 Å². The molecule has 0 aliphatic carbocycles. The third kappa shape index (κ3) is 3.57. The Hall–Kier alpha value is -0.940. The molecule has 0 fully saturated rings. The normalized spacial score (nSPS) is 14.2. The topological polar surface area (TPSA) is 49.3 Å². The first-order valence-corrected chi connectivity index (χ1v) is 5.78. The molecule has 1 aromatic carbocycles. The summed E-state index contributed by atoms with van der Waals surface area (Å²) in [4.78, 5) is 10.9. The van der Waals surface area contributed by atoms with Gasteiger partial charge in [0.2, 0.25) is 5.91 Å². The van der Waals surface area contributed by atoms with Gasteiger partial charge in [-0.1, -0.05) is 34.1 Å². The zero-order valence-corrected chi connectivity index (χ0v) is 10.4. The molecule has 0 spiro atoms. The molecule has 2 N–H and O–H groups in total. The van der Waals surface area contributed by atoms with Crippen LogP contribution in [0.25, 0.3) is 0 Å². The zero-order chi connectivity index (χ0) is 12.1. The predicted octanol–water partition coefficient (Wildman–Crippen LogP) is 1.76. The molecule has 16 heavy (non-hydrogen) atoms. The number of benzene rings is 1. The van der Waals surface area contributed by atoms with Crippen molar-refractivity contribution in [2.45, 2.75) is 17.9 Å². The van der Waals surface area contributed by atoms with Crippen molar-refractivity contribution in [3.8, 4) is 0 Å². The van der Waals surface area contributed by atoms with Crippen molar-refractivity contribution in [2.75, 3.05) is 6.54 Å². The molecule has 5 heteroatoms. The monoisotopic (exact) mass is 289 g/mol. The predicted molar refractivity (Wildman–Crippen MR) is 62.8 cm³/mol. The minimum Gasteiger partial charge on any atom is -0.386 e. The van der Waals surface area contributed by atoms with Gasteiger partial charge in [-0.25, -0.2) is 4.39 Å². The third-order valence-corrected chi connectivity index (χ3v) is 2.51. The first-order valence-electron chi connectivity index (χ1n) is 4.86. The maximum Gasteiger partial charge on any atom is 0.233 e. The highest BCUT2D eigenvalue weighted by molar-refractivity contribution is 9.10. The van der Waals surface area contributed by atoms with Crippen molar-refractivity contribution >= 4 is 21.8 Å². The lowest BCUT2D eigenvalue weighted by Gasteiger charge is -2.13. The van der Waals surface area contributed by atoms with Gasteiger partial charge in [-0.2, -0.15) is 0 Å². The van der Waals surface area contributed by atoms with Gasteiger partial charge in [-0.3, -0.25) is 4.79 Å². The van der Waals surface area contributed by atoms with Crippen LogP contribution >= 0.6 is 15.9 Å². The summed E-state index contributed by atoms with van der Waals surface area (Å²) >= 11 is 3.09. The molecular weight excluding hydrogens is 277 g/mol. The number of halogens is 2. The summed E-state index contributed by atoms with van der Waals surface area (Å²) in [6, 6.07) is 5.94. The fraction of sp³-hybridized carbons (Fsp3) is 0.364. The second-order valence-corrected chi connectivity index (χ2v) is 4.77. The quantitative estimate of drug-likeness (QED) is 0.830. The molecule has 88 valence electrons. The average Bonchev–Trinajstić information content (AvgIpc) is 2.25. The van der Waals surface area contributed by atoms with E-state index in [0.29, 0.717) is 0 Å². The van der Waals surface area contributed by atoms with Crippen molar-refractivity contribution in [2.24, 2.45) is 0 Å². The lowest BCUT2D eigenvalue weighted by atomic mass is 10.1. The average molecular weight is 290 g/mol. The van der Waals surface area contributed by atoms with E-state index in [1.165, 1.54) is 12.1 Å². The van der Waals surface area contributed by atoms with Crippen molar-refractivity contribution in [3.63, 3.8) is 0 Å². The molecule has 1 rings (SSSR count). The number of hydrogen-bond donors (Lipinski definition) is 2. The van der Waals surface area contributed by atoms with Gasteiger partial charge in [-0.15, -0.1) is 0 Å². The summed E-state index contributed by atoms with van der Waals surface area (Å²) in [5.74, 6) is -0.716. The van der Waals surface area contributed by atoms with Crippen LogP contribution in [0, 0.1) is 5.82 Å². The van der Waals surface area contributed by atoms with Gasteiger partial charge < -0.3 is 10.4 Å². The van der Waals surface area contributed by atoms with Crippen LogP contribution in [0.1, 0.15) is 18.6 Å². The van der Waals surface area contributed by atoms with Crippen molar-refractivity contribution in [1.82, 2.24) is 5.32 Å². The Bertz CT molecular complexity index is 371. The van der Waals surface area contributed by atoms with Gasteiger partial charge >= 0.3 is 0 Å². The molecule has 0 saturated heterocycles. The summed E-state index contributed by atoms with van der Waals surface area (Å²) in [6.45, 7) is 1.67. The number of aliphatic hydroxyl groups excluding tert-OH is 1. The SMILES string of the molecule is C[C@@H](Br)C(=O)NC[C@@H](O)c1ccccc1F. The van der Waals surface area contributed by atoms with E-state index in [0.717, 1.165) is 0 Å². The van der Waals surface area contributed by atoms with Crippen LogP contribution in [0.2, 0.25) is 0 Å². The van der Waals surface area contributed by atoms with Crippen molar-refractivity contribution in [3.05, 3.63) is 35.6 Å². The van der Waals surface area contributed by atoms with Gasteiger partial charge in [0.05, 0.1) is 10.9 Å². The molecule has 0 radical (unpaired) electrons. The third-order valence-electron chi connectivity index (χ3n) is 2.10. The standard InChI is InChI=1S/C11H13BrFNO2/c1-7(12)11(16)14-6-10(15)8-4-2-3-5-9(8)13/h2-5,7,10,15H,6H2,1H3,(H,14,16)/t7-,10-/m1/s1. The number of carbonyl (C=O) groups excluding carboxylic acids is 1. The molecule has 0 aromatic heterocycles. The molecular formula is C11H13BrFNO2. The van der Waals surface area contributed by atoms with E-state index in [4.69, 9.17) is 0 Å². The van der Waals surface area contributed by atoms with Crippen LogP contribution in [0.3, 0.4) is 0 Å². The largest absolute Gasteiger partial charge is 0.386 e. The molecule has 1 amide bonds. The van der Waals surface area contributed by atoms with Gasteiger partial charge in [-0.05, 0) is 13.0 Å². The number of rotatable bonds is 4. The molecule has 1 aromatic rings. The summed E-state index contributed by atoms with van der Waals surface area (Å²) in [7, 11) is 0. The lowest BCUT2D eigenvalue weighted by molar-refractivity contribution is -0.120.